The minimum atomic E-state index is -3.44. The topological polar surface area (TPSA) is 59.5 Å². The van der Waals surface area contributed by atoms with Gasteiger partial charge in [0.25, 0.3) is 0 Å². The van der Waals surface area contributed by atoms with Crippen LogP contribution in [0.4, 0.5) is 5.69 Å². The fourth-order valence-electron chi connectivity index (χ4n) is 2.75. The molecule has 146 valence electrons. The van der Waals surface area contributed by atoms with Crippen LogP contribution in [-0.2, 0) is 16.6 Å². The van der Waals surface area contributed by atoms with Crippen molar-refractivity contribution in [3.63, 3.8) is 0 Å². The Hall–Kier alpha value is -2.86. The van der Waals surface area contributed by atoms with E-state index in [1.54, 1.807) is 36.7 Å². The monoisotopic (exact) mass is 396 g/mol. The van der Waals surface area contributed by atoms with Crippen LogP contribution in [0.3, 0.4) is 0 Å². The smallest absolute Gasteiger partial charge is 0.235 e. The minimum absolute atomic E-state index is 0.117. The Labute approximate surface area is 166 Å². The summed E-state index contributed by atoms with van der Waals surface area (Å²) in [7, 11) is -3.44. The lowest BCUT2D eigenvalue weighted by atomic mass is 10.2. The molecule has 5 nitrogen and oxygen atoms in total. The van der Waals surface area contributed by atoms with Gasteiger partial charge in [0.2, 0.25) is 10.0 Å². The van der Waals surface area contributed by atoms with Crippen LogP contribution in [0.2, 0.25) is 0 Å². The second-order valence-corrected chi connectivity index (χ2v) is 8.46. The fourth-order valence-corrected chi connectivity index (χ4v) is 4.41. The summed E-state index contributed by atoms with van der Waals surface area (Å²) in [5, 5.41) is 0. The molecule has 0 saturated carbocycles. The van der Waals surface area contributed by atoms with Crippen LogP contribution in [-0.4, -0.2) is 19.2 Å². The highest BCUT2D eigenvalue weighted by molar-refractivity contribution is 7.92. The van der Waals surface area contributed by atoms with Crippen molar-refractivity contribution >= 4 is 15.7 Å². The molecule has 0 amide bonds. The average Bonchev–Trinajstić information content (AvgIpc) is 2.73. The molecule has 28 heavy (non-hydrogen) atoms. The lowest BCUT2D eigenvalue weighted by Crippen LogP contribution is -2.32. The molecule has 1 aromatic heterocycles. The highest BCUT2D eigenvalue weighted by atomic mass is 32.2. The van der Waals surface area contributed by atoms with Crippen LogP contribution >= 0.6 is 0 Å². The van der Waals surface area contributed by atoms with E-state index in [0.717, 1.165) is 17.7 Å². The molecule has 2 aromatic carbocycles. The highest BCUT2D eigenvalue weighted by Crippen LogP contribution is 2.27. The highest BCUT2D eigenvalue weighted by Gasteiger charge is 2.22. The Bertz CT molecular complexity index is 960. The SMILES string of the molecule is CCCCS(=O)(=O)N(Cc1cccnc1)c1ccc(Oc2ccccc2)cc1. The lowest BCUT2D eigenvalue weighted by molar-refractivity contribution is 0.482. The first-order valence-electron chi connectivity index (χ1n) is 9.31. The predicted octanol–water partition coefficient (Wildman–Crippen LogP) is 5.01. The van der Waals surface area contributed by atoms with E-state index in [1.165, 1.54) is 4.31 Å². The Morgan fingerprint density at radius 1 is 0.929 bits per heavy atom. The maximum absolute atomic E-state index is 12.9. The van der Waals surface area contributed by atoms with E-state index in [1.807, 2.05) is 49.4 Å². The number of ether oxygens (including phenoxy) is 1. The summed E-state index contributed by atoms with van der Waals surface area (Å²) in [5.41, 5.74) is 1.45. The van der Waals surface area contributed by atoms with Crippen molar-refractivity contribution < 1.29 is 13.2 Å². The number of para-hydroxylation sites is 1. The van der Waals surface area contributed by atoms with Crippen LogP contribution in [0.15, 0.2) is 79.1 Å². The van der Waals surface area contributed by atoms with Crippen molar-refractivity contribution in [1.82, 2.24) is 4.98 Å². The van der Waals surface area contributed by atoms with Gasteiger partial charge in [-0.15, -0.1) is 0 Å². The molecule has 0 saturated heterocycles. The first-order chi connectivity index (χ1) is 13.6. The van der Waals surface area contributed by atoms with Gasteiger partial charge in [0.15, 0.2) is 0 Å². The second kappa shape index (κ2) is 9.37. The Balaban J connectivity index is 1.84. The number of anilines is 1. The van der Waals surface area contributed by atoms with Crippen molar-refractivity contribution in [2.24, 2.45) is 0 Å². The molecule has 3 rings (SSSR count). The van der Waals surface area contributed by atoms with Crippen molar-refractivity contribution in [2.45, 2.75) is 26.3 Å². The van der Waals surface area contributed by atoms with Gasteiger partial charge in [-0.25, -0.2) is 8.42 Å². The molecular formula is C22H24N2O3S. The summed E-state index contributed by atoms with van der Waals surface area (Å²) in [5.74, 6) is 1.51. The van der Waals surface area contributed by atoms with Crippen LogP contribution < -0.4 is 9.04 Å². The van der Waals surface area contributed by atoms with Gasteiger partial charge in [0.1, 0.15) is 11.5 Å². The third kappa shape index (κ3) is 5.33. The van der Waals surface area contributed by atoms with Gasteiger partial charge >= 0.3 is 0 Å². The Morgan fingerprint density at radius 3 is 2.29 bits per heavy atom. The van der Waals surface area contributed by atoms with Crippen molar-refractivity contribution in [1.29, 1.82) is 0 Å². The number of hydrogen-bond donors (Lipinski definition) is 0. The zero-order chi connectivity index (χ0) is 19.8. The number of nitrogens with zero attached hydrogens (tertiary/aromatic N) is 2. The molecule has 0 aliphatic carbocycles. The van der Waals surface area contributed by atoms with Crippen molar-refractivity contribution in [2.75, 3.05) is 10.1 Å². The number of benzene rings is 2. The van der Waals surface area contributed by atoms with Gasteiger partial charge in [-0.2, -0.15) is 0 Å². The number of hydrogen-bond acceptors (Lipinski definition) is 4. The second-order valence-electron chi connectivity index (χ2n) is 6.45. The zero-order valence-electron chi connectivity index (χ0n) is 15.9. The number of sulfonamides is 1. The molecule has 0 bridgehead atoms. The van der Waals surface area contributed by atoms with Crippen LogP contribution in [0.25, 0.3) is 0 Å². The van der Waals surface area contributed by atoms with Gasteiger partial charge in [-0.1, -0.05) is 37.6 Å². The zero-order valence-corrected chi connectivity index (χ0v) is 16.7. The van der Waals surface area contributed by atoms with Gasteiger partial charge < -0.3 is 4.74 Å². The van der Waals surface area contributed by atoms with E-state index in [0.29, 0.717) is 17.9 Å². The summed E-state index contributed by atoms with van der Waals surface area (Å²) in [6.07, 6.45) is 4.81. The van der Waals surface area contributed by atoms with Crippen molar-refractivity contribution in [3.8, 4) is 11.5 Å². The van der Waals surface area contributed by atoms with E-state index < -0.39 is 10.0 Å². The number of unbranched alkanes of at least 4 members (excludes halogenated alkanes) is 1. The summed E-state index contributed by atoms with van der Waals surface area (Å²) in [6, 6.07) is 20.3. The standard InChI is InChI=1S/C22H24N2O3S/c1-2-3-16-28(25,26)24(18-19-8-7-15-23-17-19)20-11-13-22(14-12-20)27-21-9-5-4-6-10-21/h4-15,17H,2-3,16,18H2,1H3. The molecule has 0 spiro atoms. The van der Waals surface area contributed by atoms with Crippen molar-refractivity contribution in [3.05, 3.63) is 84.7 Å². The number of rotatable bonds is 9. The molecular weight excluding hydrogens is 372 g/mol. The molecule has 0 radical (unpaired) electrons. The van der Waals surface area contributed by atoms with Crippen LogP contribution in [0, 0.1) is 0 Å². The van der Waals surface area contributed by atoms with Crippen LogP contribution in [0.5, 0.6) is 11.5 Å². The molecule has 0 fully saturated rings. The van der Waals surface area contributed by atoms with Gasteiger partial charge in [-0.3, -0.25) is 9.29 Å². The summed E-state index contributed by atoms with van der Waals surface area (Å²) < 4.78 is 33.1. The normalized spacial score (nSPS) is 11.2. The molecule has 1 heterocycles. The first-order valence-corrected chi connectivity index (χ1v) is 10.9. The van der Waals surface area contributed by atoms with E-state index in [2.05, 4.69) is 4.98 Å². The minimum Gasteiger partial charge on any atom is -0.457 e. The first kappa shape index (κ1) is 19.9. The molecule has 0 N–H and O–H groups in total. The Kier molecular flexibility index (Phi) is 6.66. The molecule has 3 aromatic rings. The van der Waals surface area contributed by atoms with E-state index in [9.17, 15) is 8.42 Å². The van der Waals surface area contributed by atoms with Gasteiger partial charge in [0, 0.05) is 12.4 Å². The molecule has 0 aliphatic rings. The van der Waals surface area contributed by atoms with E-state index in [4.69, 9.17) is 4.74 Å². The molecule has 6 heteroatoms. The maximum Gasteiger partial charge on any atom is 0.235 e. The number of pyridine rings is 1. The van der Waals surface area contributed by atoms with E-state index >= 15 is 0 Å². The molecule has 0 aliphatic heterocycles. The fraction of sp³-hybridized carbons (Fsp3) is 0.227. The lowest BCUT2D eigenvalue weighted by Gasteiger charge is -2.24. The van der Waals surface area contributed by atoms with E-state index in [-0.39, 0.29) is 12.3 Å². The molecule has 0 atom stereocenters. The summed E-state index contributed by atoms with van der Waals surface area (Å²) in [4.78, 5) is 4.10. The summed E-state index contributed by atoms with van der Waals surface area (Å²) >= 11 is 0. The predicted molar refractivity (Wildman–Crippen MR) is 112 cm³/mol. The third-order valence-electron chi connectivity index (χ3n) is 4.24. The quantitative estimate of drug-likeness (QED) is 0.510. The number of aromatic nitrogens is 1. The molecule has 0 unspecified atom stereocenters. The van der Waals surface area contributed by atoms with Crippen LogP contribution in [0.1, 0.15) is 25.3 Å². The largest absolute Gasteiger partial charge is 0.457 e. The summed E-state index contributed by atoms with van der Waals surface area (Å²) in [6.45, 7) is 2.23. The Morgan fingerprint density at radius 2 is 1.64 bits per heavy atom. The maximum atomic E-state index is 12.9. The van der Waals surface area contributed by atoms with Gasteiger partial charge in [0.05, 0.1) is 18.0 Å². The average molecular weight is 397 g/mol. The van der Waals surface area contributed by atoms with Gasteiger partial charge in [-0.05, 0) is 54.4 Å². The third-order valence-corrected chi connectivity index (χ3v) is 6.06.